The zero-order valence-corrected chi connectivity index (χ0v) is 14.1. The molecule has 2 aromatic carbocycles. The van der Waals surface area contributed by atoms with Gasteiger partial charge in [0, 0.05) is 22.2 Å². The minimum Gasteiger partial charge on any atom is -0.436 e. The number of oxazole rings is 1. The Kier molecular flexibility index (Phi) is 3.77. The van der Waals surface area contributed by atoms with Gasteiger partial charge in [0.05, 0.1) is 0 Å². The zero-order chi connectivity index (χ0) is 16.7. The minimum absolute atomic E-state index is 0.103. The Balaban J connectivity index is 1.69. The van der Waals surface area contributed by atoms with Crippen LogP contribution in [0.5, 0.6) is 0 Å². The van der Waals surface area contributed by atoms with Crippen LogP contribution in [0.4, 0.5) is 5.69 Å². The Bertz CT molecular complexity index is 928. The molecule has 1 fully saturated rings. The van der Waals surface area contributed by atoms with Crippen LogP contribution in [0.15, 0.2) is 40.8 Å². The highest BCUT2D eigenvalue weighted by atomic mass is 35.5. The van der Waals surface area contributed by atoms with Gasteiger partial charge in [-0.3, -0.25) is 4.79 Å². The Hall–Kier alpha value is -2.33. The molecular formula is C19H17ClN2O2. The van der Waals surface area contributed by atoms with E-state index in [1.54, 1.807) is 12.1 Å². The SMILES string of the molecule is Cc1c(NC(=O)C2CCC2)cccc1-c1nc2cc(Cl)ccc2o1. The highest BCUT2D eigenvalue weighted by Gasteiger charge is 2.25. The normalized spacial score (nSPS) is 14.6. The minimum atomic E-state index is 0.103. The van der Waals surface area contributed by atoms with E-state index >= 15 is 0 Å². The molecule has 1 aliphatic carbocycles. The highest BCUT2D eigenvalue weighted by molar-refractivity contribution is 6.31. The molecule has 0 bridgehead atoms. The summed E-state index contributed by atoms with van der Waals surface area (Å²) in [4.78, 5) is 16.7. The summed E-state index contributed by atoms with van der Waals surface area (Å²) in [7, 11) is 0. The molecule has 1 aromatic heterocycles. The third-order valence-electron chi connectivity index (χ3n) is 4.65. The monoisotopic (exact) mass is 340 g/mol. The van der Waals surface area contributed by atoms with Crippen LogP contribution in [0, 0.1) is 12.8 Å². The molecule has 0 unspecified atom stereocenters. The molecule has 1 amide bonds. The van der Waals surface area contributed by atoms with Crippen LogP contribution in [0.2, 0.25) is 5.02 Å². The predicted molar refractivity (Wildman–Crippen MR) is 95.2 cm³/mol. The number of nitrogens with one attached hydrogen (secondary N) is 1. The molecule has 4 nitrogen and oxygen atoms in total. The summed E-state index contributed by atoms with van der Waals surface area (Å²) in [5.41, 5.74) is 4.04. The number of benzene rings is 2. The summed E-state index contributed by atoms with van der Waals surface area (Å²) >= 11 is 6.01. The van der Waals surface area contributed by atoms with Crippen LogP contribution in [0.3, 0.4) is 0 Å². The lowest BCUT2D eigenvalue weighted by Crippen LogP contribution is -2.28. The second-order valence-electron chi connectivity index (χ2n) is 6.23. The van der Waals surface area contributed by atoms with Crippen LogP contribution in [0.1, 0.15) is 24.8 Å². The van der Waals surface area contributed by atoms with E-state index in [2.05, 4.69) is 10.3 Å². The first-order valence-corrected chi connectivity index (χ1v) is 8.46. The molecule has 4 rings (SSSR count). The van der Waals surface area contributed by atoms with Crippen molar-refractivity contribution in [2.24, 2.45) is 5.92 Å². The number of fused-ring (bicyclic) bond motifs is 1. The summed E-state index contributed by atoms with van der Waals surface area (Å²) in [5, 5.41) is 3.66. The molecule has 0 radical (unpaired) electrons. The van der Waals surface area contributed by atoms with Gasteiger partial charge in [-0.2, -0.15) is 0 Å². The van der Waals surface area contributed by atoms with E-state index in [-0.39, 0.29) is 11.8 Å². The summed E-state index contributed by atoms with van der Waals surface area (Å²) in [6.45, 7) is 1.97. The molecule has 1 N–H and O–H groups in total. The Morgan fingerprint density at radius 3 is 2.88 bits per heavy atom. The van der Waals surface area contributed by atoms with E-state index < -0.39 is 0 Å². The van der Waals surface area contributed by atoms with E-state index in [1.807, 2.05) is 31.2 Å². The molecule has 0 atom stereocenters. The molecule has 24 heavy (non-hydrogen) atoms. The number of carbonyl (C=O) groups excluding carboxylic acids is 1. The van der Waals surface area contributed by atoms with Crippen molar-refractivity contribution in [2.45, 2.75) is 26.2 Å². The Morgan fingerprint density at radius 2 is 2.12 bits per heavy atom. The van der Waals surface area contributed by atoms with Gasteiger partial charge in [-0.15, -0.1) is 0 Å². The van der Waals surface area contributed by atoms with Crippen LogP contribution in [-0.4, -0.2) is 10.9 Å². The number of hydrogen-bond donors (Lipinski definition) is 1. The molecule has 0 spiro atoms. The lowest BCUT2D eigenvalue weighted by Gasteiger charge is -2.24. The van der Waals surface area contributed by atoms with Crippen LogP contribution < -0.4 is 5.32 Å². The van der Waals surface area contributed by atoms with Gasteiger partial charge in [0.1, 0.15) is 5.52 Å². The quantitative estimate of drug-likeness (QED) is 0.713. The molecule has 5 heteroatoms. The maximum atomic E-state index is 12.2. The van der Waals surface area contributed by atoms with Gasteiger partial charge in [-0.05, 0) is 55.7 Å². The van der Waals surface area contributed by atoms with Crippen molar-refractivity contribution in [3.63, 3.8) is 0 Å². The molecule has 122 valence electrons. The second-order valence-corrected chi connectivity index (χ2v) is 6.66. The maximum absolute atomic E-state index is 12.2. The third kappa shape index (κ3) is 2.67. The van der Waals surface area contributed by atoms with E-state index in [4.69, 9.17) is 16.0 Å². The summed E-state index contributed by atoms with van der Waals surface area (Å²) in [6.07, 6.45) is 3.11. The van der Waals surface area contributed by atoms with Gasteiger partial charge in [0.15, 0.2) is 5.58 Å². The van der Waals surface area contributed by atoms with E-state index in [1.165, 1.54) is 0 Å². The van der Waals surface area contributed by atoms with Crippen molar-refractivity contribution in [3.05, 3.63) is 47.0 Å². The first-order chi connectivity index (χ1) is 11.6. The molecule has 0 saturated heterocycles. The summed E-state index contributed by atoms with van der Waals surface area (Å²) in [5.74, 6) is 0.787. The fourth-order valence-electron chi connectivity index (χ4n) is 2.92. The van der Waals surface area contributed by atoms with Crippen molar-refractivity contribution in [1.29, 1.82) is 0 Å². The number of carbonyl (C=O) groups is 1. The molecule has 3 aromatic rings. The van der Waals surface area contributed by atoms with Gasteiger partial charge in [0.25, 0.3) is 0 Å². The van der Waals surface area contributed by atoms with E-state index in [9.17, 15) is 4.79 Å². The average molecular weight is 341 g/mol. The number of anilines is 1. The number of rotatable bonds is 3. The van der Waals surface area contributed by atoms with Crippen molar-refractivity contribution in [1.82, 2.24) is 4.98 Å². The Labute approximate surface area is 144 Å². The number of aromatic nitrogens is 1. The van der Waals surface area contributed by atoms with Gasteiger partial charge in [0.2, 0.25) is 11.8 Å². The smallest absolute Gasteiger partial charge is 0.227 e. The average Bonchev–Trinajstić information content (AvgIpc) is 2.90. The predicted octanol–water partition coefficient (Wildman–Crippen LogP) is 5.20. The molecule has 1 aliphatic rings. The number of amides is 1. The van der Waals surface area contributed by atoms with Gasteiger partial charge < -0.3 is 9.73 Å². The van der Waals surface area contributed by atoms with E-state index in [0.29, 0.717) is 16.5 Å². The van der Waals surface area contributed by atoms with Crippen LogP contribution >= 0.6 is 11.6 Å². The fraction of sp³-hybridized carbons (Fsp3) is 0.263. The third-order valence-corrected chi connectivity index (χ3v) is 4.88. The molecule has 1 heterocycles. The lowest BCUT2D eigenvalue weighted by atomic mass is 9.84. The standard InChI is InChI=1S/C19H17ClN2O2/c1-11-14(19-22-16-10-13(20)8-9-17(16)24-19)6-3-7-15(11)21-18(23)12-4-2-5-12/h3,6-10,12H,2,4-5H2,1H3,(H,21,23). The van der Waals surface area contributed by atoms with Crippen molar-refractivity contribution >= 4 is 34.3 Å². The highest BCUT2D eigenvalue weighted by Crippen LogP contribution is 2.33. The zero-order valence-electron chi connectivity index (χ0n) is 13.3. The number of halogens is 1. The first-order valence-electron chi connectivity index (χ1n) is 8.09. The van der Waals surface area contributed by atoms with Crippen molar-refractivity contribution in [2.75, 3.05) is 5.32 Å². The second kappa shape index (κ2) is 5.95. The lowest BCUT2D eigenvalue weighted by molar-refractivity contribution is -0.122. The van der Waals surface area contributed by atoms with Crippen molar-refractivity contribution in [3.8, 4) is 11.5 Å². The fourth-order valence-corrected chi connectivity index (χ4v) is 3.09. The summed E-state index contributed by atoms with van der Waals surface area (Å²) < 4.78 is 5.85. The topological polar surface area (TPSA) is 55.1 Å². The summed E-state index contributed by atoms with van der Waals surface area (Å²) in [6, 6.07) is 11.1. The molecule has 1 saturated carbocycles. The Morgan fingerprint density at radius 1 is 1.29 bits per heavy atom. The van der Waals surface area contributed by atoms with Crippen LogP contribution in [-0.2, 0) is 4.79 Å². The number of hydrogen-bond acceptors (Lipinski definition) is 3. The van der Waals surface area contributed by atoms with Gasteiger partial charge >= 0.3 is 0 Å². The van der Waals surface area contributed by atoms with Crippen molar-refractivity contribution < 1.29 is 9.21 Å². The maximum Gasteiger partial charge on any atom is 0.227 e. The molecule has 0 aliphatic heterocycles. The van der Waals surface area contributed by atoms with Gasteiger partial charge in [-0.1, -0.05) is 24.1 Å². The molecular weight excluding hydrogens is 324 g/mol. The van der Waals surface area contributed by atoms with Gasteiger partial charge in [-0.25, -0.2) is 4.98 Å². The first kappa shape index (κ1) is 15.2. The largest absolute Gasteiger partial charge is 0.436 e. The number of nitrogens with zero attached hydrogens (tertiary/aromatic N) is 1. The van der Waals surface area contributed by atoms with Crippen LogP contribution in [0.25, 0.3) is 22.6 Å². The van der Waals surface area contributed by atoms with E-state index in [0.717, 1.165) is 41.6 Å².